The van der Waals surface area contributed by atoms with Crippen LogP contribution in [0.3, 0.4) is 0 Å². The molecular weight excluding hydrogens is 198 g/mol. The predicted octanol–water partition coefficient (Wildman–Crippen LogP) is 2.93. The number of ether oxygens (including phenoxy) is 1. The molecule has 0 aromatic heterocycles. The minimum absolute atomic E-state index is 0.421. The molecule has 16 heavy (non-hydrogen) atoms. The fourth-order valence-electron chi connectivity index (χ4n) is 2.06. The van der Waals surface area contributed by atoms with Crippen LogP contribution in [0.5, 0.6) is 0 Å². The molecule has 2 nitrogen and oxygen atoms in total. The van der Waals surface area contributed by atoms with Crippen LogP contribution in [-0.4, -0.2) is 20.8 Å². The highest BCUT2D eigenvalue weighted by Crippen LogP contribution is 2.21. The van der Waals surface area contributed by atoms with Gasteiger partial charge in [0.2, 0.25) is 0 Å². The molecule has 0 heterocycles. The van der Waals surface area contributed by atoms with E-state index in [1.807, 2.05) is 7.05 Å². The van der Waals surface area contributed by atoms with Crippen LogP contribution in [0, 0.1) is 12.8 Å². The van der Waals surface area contributed by atoms with Gasteiger partial charge in [-0.1, -0.05) is 36.8 Å². The first kappa shape index (κ1) is 13.2. The van der Waals surface area contributed by atoms with Gasteiger partial charge in [-0.25, -0.2) is 0 Å². The molecule has 0 aliphatic rings. The zero-order valence-electron chi connectivity index (χ0n) is 10.8. The lowest BCUT2D eigenvalue weighted by Gasteiger charge is -2.21. The molecule has 0 spiro atoms. The molecule has 0 amide bonds. The first-order valence-corrected chi connectivity index (χ1v) is 5.90. The summed E-state index contributed by atoms with van der Waals surface area (Å²) >= 11 is 0. The Morgan fingerprint density at radius 1 is 1.38 bits per heavy atom. The van der Waals surface area contributed by atoms with Crippen molar-refractivity contribution >= 4 is 0 Å². The van der Waals surface area contributed by atoms with Crippen LogP contribution in [0.25, 0.3) is 0 Å². The molecule has 1 N–H and O–H groups in total. The summed E-state index contributed by atoms with van der Waals surface area (Å²) in [4.78, 5) is 0. The smallest absolute Gasteiger partial charge is 0.0488 e. The molecule has 0 saturated heterocycles. The number of nitrogens with one attached hydrogen (secondary N) is 1. The normalized spacial score (nSPS) is 14.8. The summed E-state index contributed by atoms with van der Waals surface area (Å²) in [6.45, 7) is 5.18. The van der Waals surface area contributed by atoms with Crippen LogP contribution in [0.1, 0.15) is 30.5 Å². The molecule has 2 heteroatoms. The Morgan fingerprint density at radius 3 is 2.69 bits per heavy atom. The topological polar surface area (TPSA) is 21.3 Å². The van der Waals surface area contributed by atoms with Crippen molar-refractivity contribution in [2.75, 3.05) is 20.8 Å². The van der Waals surface area contributed by atoms with Crippen molar-refractivity contribution in [2.45, 2.75) is 26.3 Å². The van der Waals surface area contributed by atoms with Crippen LogP contribution < -0.4 is 5.32 Å². The van der Waals surface area contributed by atoms with E-state index in [4.69, 9.17) is 4.74 Å². The molecule has 0 radical (unpaired) electrons. The standard InChI is InChI=1S/C14H23NO/c1-11-6-5-7-13(8-11)14(15-3)9-12(2)10-16-4/h5-8,12,14-15H,9-10H2,1-4H3. The third-order valence-electron chi connectivity index (χ3n) is 2.88. The molecule has 0 fully saturated rings. The maximum Gasteiger partial charge on any atom is 0.0488 e. The van der Waals surface area contributed by atoms with Crippen LogP contribution >= 0.6 is 0 Å². The summed E-state index contributed by atoms with van der Waals surface area (Å²) in [5.74, 6) is 0.572. The molecule has 0 saturated carbocycles. The van der Waals surface area contributed by atoms with Crippen molar-refractivity contribution in [1.82, 2.24) is 5.32 Å². The molecule has 1 aromatic rings. The maximum atomic E-state index is 5.18. The van der Waals surface area contributed by atoms with E-state index in [1.54, 1.807) is 7.11 Å². The zero-order chi connectivity index (χ0) is 12.0. The van der Waals surface area contributed by atoms with E-state index >= 15 is 0 Å². The Kier molecular flexibility index (Phi) is 5.50. The molecule has 2 atom stereocenters. The fraction of sp³-hybridized carbons (Fsp3) is 0.571. The number of hydrogen-bond donors (Lipinski definition) is 1. The van der Waals surface area contributed by atoms with E-state index in [9.17, 15) is 0 Å². The van der Waals surface area contributed by atoms with Gasteiger partial charge in [0.25, 0.3) is 0 Å². The summed E-state index contributed by atoms with van der Waals surface area (Å²) in [7, 11) is 3.78. The van der Waals surface area contributed by atoms with Gasteiger partial charge in [0, 0.05) is 19.8 Å². The summed E-state index contributed by atoms with van der Waals surface area (Å²) in [5.41, 5.74) is 2.68. The molecule has 0 aliphatic heterocycles. The van der Waals surface area contributed by atoms with Crippen molar-refractivity contribution < 1.29 is 4.74 Å². The molecule has 90 valence electrons. The summed E-state index contributed by atoms with van der Waals surface area (Å²) in [6, 6.07) is 9.11. The molecule has 0 aliphatic carbocycles. The molecule has 2 unspecified atom stereocenters. The summed E-state index contributed by atoms with van der Waals surface area (Å²) in [6.07, 6.45) is 1.10. The number of hydrogen-bond acceptors (Lipinski definition) is 2. The summed E-state index contributed by atoms with van der Waals surface area (Å²) in [5, 5.41) is 3.38. The monoisotopic (exact) mass is 221 g/mol. The van der Waals surface area contributed by atoms with Crippen molar-refractivity contribution in [3.63, 3.8) is 0 Å². The minimum Gasteiger partial charge on any atom is -0.384 e. The van der Waals surface area contributed by atoms with E-state index in [1.165, 1.54) is 11.1 Å². The Morgan fingerprint density at radius 2 is 2.12 bits per heavy atom. The third kappa shape index (κ3) is 3.95. The first-order valence-electron chi connectivity index (χ1n) is 5.90. The van der Waals surface area contributed by atoms with Gasteiger partial charge >= 0.3 is 0 Å². The average Bonchev–Trinajstić information content (AvgIpc) is 2.26. The minimum atomic E-state index is 0.421. The number of aryl methyl sites for hydroxylation is 1. The second kappa shape index (κ2) is 6.66. The van der Waals surface area contributed by atoms with Crippen molar-refractivity contribution in [3.05, 3.63) is 35.4 Å². The van der Waals surface area contributed by atoms with E-state index in [0.717, 1.165) is 13.0 Å². The van der Waals surface area contributed by atoms with Gasteiger partial charge in [0.15, 0.2) is 0 Å². The highest BCUT2D eigenvalue weighted by Gasteiger charge is 2.13. The average molecular weight is 221 g/mol. The van der Waals surface area contributed by atoms with E-state index in [2.05, 4.69) is 43.4 Å². The predicted molar refractivity (Wildman–Crippen MR) is 68.6 cm³/mol. The number of benzene rings is 1. The lowest BCUT2D eigenvalue weighted by atomic mass is 9.95. The number of rotatable bonds is 6. The quantitative estimate of drug-likeness (QED) is 0.797. The Balaban J connectivity index is 2.67. The molecule has 1 rings (SSSR count). The Hall–Kier alpha value is -0.860. The van der Waals surface area contributed by atoms with Gasteiger partial charge in [-0.2, -0.15) is 0 Å². The number of methoxy groups -OCH3 is 1. The van der Waals surface area contributed by atoms with Gasteiger partial charge < -0.3 is 10.1 Å². The van der Waals surface area contributed by atoms with Crippen molar-refractivity contribution in [2.24, 2.45) is 5.92 Å². The van der Waals surface area contributed by atoms with Crippen molar-refractivity contribution in [1.29, 1.82) is 0 Å². The highest BCUT2D eigenvalue weighted by molar-refractivity contribution is 5.25. The van der Waals surface area contributed by atoms with E-state index in [-0.39, 0.29) is 0 Å². The van der Waals surface area contributed by atoms with Crippen LogP contribution in [0.4, 0.5) is 0 Å². The van der Waals surface area contributed by atoms with E-state index in [0.29, 0.717) is 12.0 Å². The Labute approximate surface area is 99.0 Å². The second-order valence-electron chi connectivity index (χ2n) is 4.55. The lowest BCUT2D eigenvalue weighted by Crippen LogP contribution is -2.20. The van der Waals surface area contributed by atoms with Gasteiger partial charge in [0.1, 0.15) is 0 Å². The van der Waals surface area contributed by atoms with Crippen molar-refractivity contribution in [3.8, 4) is 0 Å². The largest absolute Gasteiger partial charge is 0.384 e. The van der Waals surface area contributed by atoms with Crippen LogP contribution in [0.2, 0.25) is 0 Å². The van der Waals surface area contributed by atoms with Crippen LogP contribution in [0.15, 0.2) is 24.3 Å². The Bertz CT molecular complexity index is 311. The lowest BCUT2D eigenvalue weighted by molar-refractivity contribution is 0.150. The SMILES string of the molecule is CNC(CC(C)COC)c1cccc(C)c1. The van der Waals surface area contributed by atoms with E-state index < -0.39 is 0 Å². The molecule has 0 bridgehead atoms. The van der Waals surface area contributed by atoms with Crippen LogP contribution in [-0.2, 0) is 4.74 Å². The van der Waals surface area contributed by atoms with Gasteiger partial charge in [-0.3, -0.25) is 0 Å². The van der Waals surface area contributed by atoms with Gasteiger partial charge in [0.05, 0.1) is 0 Å². The maximum absolute atomic E-state index is 5.18. The summed E-state index contributed by atoms with van der Waals surface area (Å²) < 4.78 is 5.18. The third-order valence-corrected chi connectivity index (χ3v) is 2.88. The fourth-order valence-corrected chi connectivity index (χ4v) is 2.06. The molecule has 1 aromatic carbocycles. The van der Waals surface area contributed by atoms with Gasteiger partial charge in [-0.15, -0.1) is 0 Å². The first-order chi connectivity index (χ1) is 7.67. The van der Waals surface area contributed by atoms with Gasteiger partial charge in [-0.05, 0) is 31.9 Å². The zero-order valence-corrected chi connectivity index (χ0v) is 10.8. The molecular formula is C14H23NO. The highest BCUT2D eigenvalue weighted by atomic mass is 16.5. The second-order valence-corrected chi connectivity index (χ2v) is 4.55.